The molecule has 2 unspecified atom stereocenters. The van der Waals surface area contributed by atoms with Crippen molar-refractivity contribution in [1.82, 2.24) is 5.01 Å². The summed E-state index contributed by atoms with van der Waals surface area (Å²) >= 11 is 1.85. The van der Waals surface area contributed by atoms with E-state index in [1.807, 2.05) is 11.8 Å². The Hall–Kier alpha value is -1.49. The molecule has 0 bridgehead atoms. The van der Waals surface area contributed by atoms with Crippen molar-refractivity contribution >= 4 is 23.4 Å². The summed E-state index contributed by atoms with van der Waals surface area (Å²) in [6, 6.07) is 0. The highest BCUT2D eigenvalue weighted by atomic mass is 32.2. The highest BCUT2D eigenvalue weighted by Gasteiger charge is 2.33. The van der Waals surface area contributed by atoms with Gasteiger partial charge in [-0.15, -0.1) is 11.8 Å². The Labute approximate surface area is 104 Å². The second-order valence-electron chi connectivity index (χ2n) is 4.29. The lowest BCUT2D eigenvalue weighted by Crippen LogP contribution is -2.30. The molecule has 0 aromatic carbocycles. The summed E-state index contributed by atoms with van der Waals surface area (Å²) in [6.45, 7) is 0.735. The highest BCUT2D eigenvalue weighted by molar-refractivity contribution is 8.03. The Kier molecular flexibility index (Phi) is 2.55. The smallest absolute Gasteiger partial charge is 0.209 e. The SMILES string of the molecule is N=C(N)N1CCC(C2C=CC=C3C=CSC32)=N1. The van der Waals surface area contributed by atoms with Crippen LogP contribution in [0, 0.1) is 11.3 Å². The van der Waals surface area contributed by atoms with Crippen molar-refractivity contribution in [3.8, 4) is 0 Å². The number of nitrogens with zero attached hydrogens (tertiary/aromatic N) is 2. The van der Waals surface area contributed by atoms with Crippen molar-refractivity contribution in [3.63, 3.8) is 0 Å². The van der Waals surface area contributed by atoms with Gasteiger partial charge in [0.25, 0.3) is 0 Å². The van der Waals surface area contributed by atoms with Gasteiger partial charge in [0.2, 0.25) is 5.96 Å². The van der Waals surface area contributed by atoms with Gasteiger partial charge in [0, 0.05) is 29.8 Å². The first kappa shape index (κ1) is 10.7. The highest BCUT2D eigenvalue weighted by Crippen LogP contribution is 2.39. The number of guanidine groups is 1. The average molecular weight is 246 g/mol. The van der Waals surface area contributed by atoms with Crippen LogP contribution in [0.15, 0.2) is 40.4 Å². The van der Waals surface area contributed by atoms with Crippen LogP contribution in [0.3, 0.4) is 0 Å². The minimum absolute atomic E-state index is 0.0350. The maximum absolute atomic E-state index is 7.39. The third-order valence-electron chi connectivity index (χ3n) is 3.24. The number of hydrazone groups is 1. The molecule has 2 heterocycles. The number of fused-ring (bicyclic) bond motifs is 1. The molecular weight excluding hydrogens is 232 g/mol. The number of thioether (sulfide) groups is 1. The first-order chi connectivity index (χ1) is 8.25. The van der Waals surface area contributed by atoms with Crippen LogP contribution in [0.5, 0.6) is 0 Å². The molecule has 0 saturated heterocycles. The standard InChI is InChI=1S/C12H14N4S/c13-12(14)16-6-4-10(15-16)9-3-1-2-8-5-7-17-11(8)9/h1-3,5,7,9,11H,4,6H2,(H3,13,14). The zero-order chi connectivity index (χ0) is 11.8. The Morgan fingerprint density at radius 3 is 3.24 bits per heavy atom. The van der Waals surface area contributed by atoms with Gasteiger partial charge in [0.15, 0.2) is 0 Å². The van der Waals surface area contributed by atoms with Crippen molar-refractivity contribution in [2.45, 2.75) is 11.7 Å². The Balaban J connectivity index is 1.83. The lowest BCUT2D eigenvalue weighted by atomic mass is 9.89. The Morgan fingerprint density at radius 1 is 1.59 bits per heavy atom. The third kappa shape index (κ3) is 1.80. The van der Waals surface area contributed by atoms with E-state index in [1.54, 1.807) is 5.01 Å². The molecule has 88 valence electrons. The number of hydrogen-bond donors (Lipinski definition) is 2. The van der Waals surface area contributed by atoms with Gasteiger partial charge in [-0.25, -0.2) is 5.01 Å². The van der Waals surface area contributed by atoms with Crippen LogP contribution in [0.4, 0.5) is 0 Å². The lowest BCUT2D eigenvalue weighted by molar-refractivity contribution is 0.481. The molecule has 17 heavy (non-hydrogen) atoms. The molecule has 3 rings (SSSR count). The molecule has 0 aromatic rings. The molecule has 5 heteroatoms. The molecule has 0 saturated carbocycles. The summed E-state index contributed by atoms with van der Waals surface area (Å²) in [5.41, 5.74) is 7.96. The van der Waals surface area contributed by atoms with Crippen molar-refractivity contribution < 1.29 is 0 Å². The number of hydrogen-bond acceptors (Lipinski definition) is 3. The second kappa shape index (κ2) is 4.07. The van der Waals surface area contributed by atoms with E-state index in [0.29, 0.717) is 11.2 Å². The Morgan fingerprint density at radius 2 is 2.47 bits per heavy atom. The van der Waals surface area contributed by atoms with Crippen molar-refractivity contribution in [2.24, 2.45) is 16.8 Å². The van der Waals surface area contributed by atoms with Crippen LogP contribution in [-0.2, 0) is 0 Å². The lowest BCUT2D eigenvalue weighted by Gasteiger charge is -2.23. The fourth-order valence-electron chi connectivity index (χ4n) is 2.37. The van der Waals surface area contributed by atoms with E-state index in [2.05, 4.69) is 34.8 Å². The van der Waals surface area contributed by atoms with Crippen LogP contribution < -0.4 is 5.73 Å². The molecule has 0 spiro atoms. The van der Waals surface area contributed by atoms with Crippen LogP contribution in [0.2, 0.25) is 0 Å². The van der Waals surface area contributed by atoms with Gasteiger partial charge in [-0.3, -0.25) is 5.41 Å². The number of nitrogens with two attached hydrogens (primary N) is 1. The number of rotatable bonds is 1. The first-order valence-electron chi connectivity index (χ1n) is 5.65. The quantitative estimate of drug-likeness (QED) is 0.546. The maximum atomic E-state index is 7.39. The van der Waals surface area contributed by atoms with Gasteiger partial charge in [0.1, 0.15) is 0 Å². The summed E-state index contributed by atoms with van der Waals surface area (Å²) in [7, 11) is 0. The molecule has 4 nitrogen and oxygen atoms in total. The molecule has 0 aromatic heterocycles. The molecule has 2 aliphatic heterocycles. The van der Waals surface area contributed by atoms with Gasteiger partial charge >= 0.3 is 0 Å². The molecule has 2 atom stereocenters. The third-order valence-corrected chi connectivity index (χ3v) is 4.39. The van der Waals surface area contributed by atoms with Gasteiger partial charge in [0.05, 0.1) is 0 Å². The zero-order valence-electron chi connectivity index (χ0n) is 9.34. The van der Waals surface area contributed by atoms with E-state index in [0.717, 1.165) is 18.7 Å². The van der Waals surface area contributed by atoms with E-state index in [4.69, 9.17) is 11.1 Å². The molecule has 0 fully saturated rings. The van der Waals surface area contributed by atoms with Crippen LogP contribution >= 0.6 is 11.8 Å². The second-order valence-corrected chi connectivity index (χ2v) is 5.34. The van der Waals surface area contributed by atoms with Crippen LogP contribution in [0.1, 0.15) is 6.42 Å². The van der Waals surface area contributed by atoms with Crippen LogP contribution in [0.25, 0.3) is 0 Å². The molecule has 3 N–H and O–H groups in total. The van der Waals surface area contributed by atoms with E-state index < -0.39 is 0 Å². The molecular formula is C12H14N4S. The normalized spacial score (nSPS) is 30.2. The van der Waals surface area contributed by atoms with Crippen molar-refractivity contribution in [2.75, 3.05) is 6.54 Å². The predicted octanol–water partition coefficient (Wildman–Crippen LogP) is 1.68. The Bertz CT molecular complexity index is 475. The fraction of sp³-hybridized carbons (Fsp3) is 0.333. The summed E-state index contributed by atoms with van der Waals surface area (Å²) in [6.07, 6.45) is 9.54. The van der Waals surface area contributed by atoms with Crippen LogP contribution in [-0.4, -0.2) is 28.5 Å². The predicted molar refractivity (Wildman–Crippen MR) is 71.9 cm³/mol. The molecule has 3 aliphatic rings. The first-order valence-corrected chi connectivity index (χ1v) is 6.59. The monoisotopic (exact) mass is 246 g/mol. The topological polar surface area (TPSA) is 65.5 Å². The average Bonchev–Trinajstić information content (AvgIpc) is 2.97. The van der Waals surface area contributed by atoms with E-state index in [-0.39, 0.29) is 5.96 Å². The maximum Gasteiger partial charge on any atom is 0.209 e. The minimum atomic E-state index is 0.0350. The fourth-order valence-corrected chi connectivity index (χ4v) is 3.51. The summed E-state index contributed by atoms with van der Waals surface area (Å²) in [5.74, 6) is 0.382. The van der Waals surface area contributed by atoms with Gasteiger partial charge in [-0.05, 0) is 11.0 Å². The summed E-state index contributed by atoms with van der Waals surface area (Å²) in [5, 5.41) is 16.0. The van der Waals surface area contributed by atoms with Gasteiger partial charge in [-0.1, -0.05) is 24.3 Å². The molecule has 0 amide bonds. The number of nitrogens with one attached hydrogen (secondary N) is 1. The van der Waals surface area contributed by atoms with E-state index in [9.17, 15) is 0 Å². The largest absolute Gasteiger partial charge is 0.369 e. The van der Waals surface area contributed by atoms with E-state index in [1.165, 1.54) is 5.57 Å². The molecule has 0 radical (unpaired) electrons. The van der Waals surface area contributed by atoms with Gasteiger partial charge in [-0.2, -0.15) is 5.10 Å². The van der Waals surface area contributed by atoms with E-state index >= 15 is 0 Å². The van der Waals surface area contributed by atoms with Crippen molar-refractivity contribution in [3.05, 3.63) is 35.3 Å². The van der Waals surface area contributed by atoms with Crippen molar-refractivity contribution in [1.29, 1.82) is 5.41 Å². The van der Waals surface area contributed by atoms with Gasteiger partial charge < -0.3 is 5.73 Å². The summed E-state index contributed by atoms with van der Waals surface area (Å²) in [4.78, 5) is 0. The molecule has 1 aliphatic carbocycles. The number of allylic oxidation sites excluding steroid dienone is 4. The summed E-state index contributed by atoms with van der Waals surface area (Å²) < 4.78 is 0. The minimum Gasteiger partial charge on any atom is -0.369 e. The zero-order valence-corrected chi connectivity index (χ0v) is 10.2.